The highest BCUT2D eigenvalue weighted by Gasteiger charge is 2.39. The fraction of sp³-hybridized carbons (Fsp3) is 0.267. The second kappa shape index (κ2) is 4.94. The Hall–Kier alpha value is -1.61. The maximum absolute atomic E-state index is 11.8. The summed E-state index contributed by atoms with van der Waals surface area (Å²) in [5.41, 5.74) is 1.33. The molecule has 0 aliphatic heterocycles. The van der Waals surface area contributed by atoms with Gasteiger partial charge in [0.15, 0.2) is 0 Å². The second-order valence-electron chi connectivity index (χ2n) is 4.68. The fourth-order valence-corrected chi connectivity index (χ4v) is 2.96. The van der Waals surface area contributed by atoms with Gasteiger partial charge in [-0.1, -0.05) is 36.4 Å². The van der Waals surface area contributed by atoms with E-state index in [1.54, 1.807) is 11.3 Å². The minimum absolute atomic E-state index is 0.140. The number of rotatable bonds is 4. The molecule has 1 aliphatic carbocycles. The smallest absolute Gasteiger partial charge is 0.225 e. The van der Waals surface area contributed by atoms with Gasteiger partial charge in [-0.05, 0) is 23.4 Å². The van der Waals surface area contributed by atoms with Crippen LogP contribution in [0.5, 0.6) is 0 Å². The minimum Gasteiger partial charge on any atom is -0.352 e. The van der Waals surface area contributed by atoms with E-state index in [2.05, 4.69) is 29.6 Å². The molecule has 2 nitrogen and oxygen atoms in total. The summed E-state index contributed by atoms with van der Waals surface area (Å²) in [6.07, 6.45) is 1.58. The number of amides is 1. The maximum atomic E-state index is 11.8. The van der Waals surface area contributed by atoms with Crippen LogP contribution in [0, 0.1) is 0 Å². The van der Waals surface area contributed by atoms with Crippen LogP contribution in [-0.2, 0) is 11.2 Å². The highest BCUT2D eigenvalue weighted by Crippen LogP contribution is 2.40. The van der Waals surface area contributed by atoms with Crippen LogP contribution in [0.1, 0.15) is 22.8 Å². The lowest BCUT2D eigenvalue weighted by atomic mass is 10.1. The van der Waals surface area contributed by atoms with Crippen LogP contribution in [-0.4, -0.2) is 11.9 Å². The van der Waals surface area contributed by atoms with E-state index in [0.717, 1.165) is 11.3 Å². The van der Waals surface area contributed by atoms with E-state index in [-0.39, 0.29) is 5.91 Å². The third-order valence-corrected chi connectivity index (χ3v) is 4.16. The molecule has 3 rings (SSSR count). The molecule has 1 saturated carbocycles. The van der Waals surface area contributed by atoms with E-state index in [4.69, 9.17) is 0 Å². The lowest BCUT2D eigenvalue weighted by molar-refractivity contribution is -0.120. The van der Waals surface area contributed by atoms with Crippen LogP contribution >= 0.6 is 11.3 Å². The van der Waals surface area contributed by atoms with Crippen molar-refractivity contribution in [2.24, 2.45) is 0 Å². The van der Waals surface area contributed by atoms with Gasteiger partial charge in [-0.2, -0.15) is 0 Å². The van der Waals surface area contributed by atoms with Gasteiger partial charge >= 0.3 is 0 Å². The first kappa shape index (κ1) is 11.5. The van der Waals surface area contributed by atoms with E-state index in [9.17, 15) is 4.79 Å². The molecule has 1 amide bonds. The molecule has 18 heavy (non-hydrogen) atoms. The Morgan fingerprint density at radius 2 is 2.06 bits per heavy atom. The van der Waals surface area contributed by atoms with E-state index < -0.39 is 0 Å². The lowest BCUT2D eigenvalue weighted by Crippen LogP contribution is -2.27. The number of carbonyl (C=O) groups excluding carboxylic acids is 1. The highest BCUT2D eigenvalue weighted by molar-refractivity contribution is 7.10. The predicted molar refractivity (Wildman–Crippen MR) is 73.8 cm³/mol. The molecule has 0 saturated heterocycles. The average Bonchev–Trinajstić information content (AvgIpc) is 2.95. The van der Waals surface area contributed by atoms with Crippen molar-refractivity contribution in [1.82, 2.24) is 5.32 Å². The number of carbonyl (C=O) groups is 1. The first-order chi connectivity index (χ1) is 8.83. The molecule has 92 valence electrons. The van der Waals surface area contributed by atoms with Crippen LogP contribution in [0.25, 0.3) is 0 Å². The van der Waals surface area contributed by atoms with E-state index in [1.165, 1.54) is 5.56 Å². The molecule has 1 N–H and O–H groups in total. The summed E-state index contributed by atoms with van der Waals surface area (Å²) in [4.78, 5) is 13.0. The zero-order valence-corrected chi connectivity index (χ0v) is 10.8. The second-order valence-corrected chi connectivity index (χ2v) is 5.72. The number of nitrogens with one attached hydrogen (secondary N) is 1. The zero-order chi connectivity index (χ0) is 12.4. The van der Waals surface area contributed by atoms with Crippen LogP contribution in [0.2, 0.25) is 0 Å². The van der Waals surface area contributed by atoms with Gasteiger partial charge in [0, 0.05) is 16.8 Å². The van der Waals surface area contributed by atoms with Crippen LogP contribution < -0.4 is 5.32 Å². The summed E-state index contributed by atoms with van der Waals surface area (Å²) >= 11 is 1.64. The monoisotopic (exact) mass is 257 g/mol. The van der Waals surface area contributed by atoms with Gasteiger partial charge in [0.1, 0.15) is 0 Å². The lowest BCUT2D eigenvalue weighted by Gasteiger charge is -2.03. The van der Waals surface area contributed by atoms with Crippen molar-refractivity contribution in [3.05, 3.63) is 58.3 Å². The average molecular weight is 257 g/mol. The van der Waals surface area contributed by atoms with Crippen molar-refractivity contribution in [1.29, 1.82) is 0 Å². The molecule has 0 radical (unpaired) electrons. The molecule has 0 spiro atoms. The molecule has 1 aliphatic rings. The van der Waals surface area contributed by atoms with Gasteiger partial charge in [0.2, 0.25) is 5.91 Å². The molecule has 2 atom stereocenters. The molecule has 2 aromatic rings. The topological polar surface area (TPSA) is 29.1 Å². The Labute approximate surface area is 111 Å². The van der Waals surface area contributed by atoms with Crippen molar-refractivity contribution in [2.75, 3.05) is 0 Å². The summed E-state index contributed by atoms with van der Waals surface area (Å²) in [5, 5.41) is 5.11. The first-order valence-electron chi connectivity index (χ1n) is 6.19. The molecule has 1 heterocycles. The van der Waals surface area contributed by atoms with Crippen molar-refractivity contribution >= 4 is 17.2 Å². The van der Waals surface area contributed by atoms with Crippen molar-refractivity contribution in [3.8, 4) is 0 Å². The van der Waals surface area contributed by atoms with Crippen molar-refractivity contribution in [3.63, 3.8) is 0 Å². The minimum atomic E-state index is 0.140. The normalized spacial score (nSPS) is 21.6. The Kier molecular flexibility index (Phi) is 3.15. The maximum Gasteiger partial charge on any atom is 0.225 e. The standard InChI is InChI=1S/C15H15NOS/c17-15(9-12-7-4-8-18-12)16-14-10-13(14)11-5-2-1-3-6-11/h1-8,13-14H,9-10H2,(H,16,17). The summed E-state index contributed by atoms with van der Waals surface area (Å²) in [6, 6.07) is 14.7. The van der Waals surface area contributed by atoms with Crippen molar-refractivity contribution < 1.29 is 4.79 Å². The first-order valence-corrected chi connectivity index (χ1v) is 7.07. The molecular weight excluding hydrogens is 242 g/mol. The zero-order valence-electron chi connectivity index (χ0n) is 10.0. The van der Waals surface area contributed by atoms with Crippen molar-refractivity contribution in [2.45, 2.75) is 24.8 Å². The van der Waals surface area contributed by atoms with E-state index >= 15 is 0 Å². The number of benzene rings is 1. The van der Waals surface area contributed by atoms with E-state index in [0.29, 0.717) is 18.4 Å². The third kappa shape index (κ3) is 2.62. The fourth-order valence-electron chi connectivity index (χ4n) is 2.25. The van der Waals surface area contributed by atoms with Crippen LogP contribution in [0.15, 0.2) is 47.8 Å². The third-order valence-electron chi connectivity index (χ3n) is 3.28. The molecule has 2 unspecified atom stereocenters. The summed E-state index contributed by atoms with van der Waals surface area (Å²) < 4.78 is 0. The highest BCUT2D eigenvalue weighted by atomic mass is 32.1. The summed E-state index contributed by atoms with van der Waals surface area (Å²) in [7, 11) is 0. The van der Waals surface area contributed by atoms with E-state index in [1.807, 2.05) is 23.6 Å². The Bertz CT molecular complexity index is 521. The Morgan fingerprint density at radius 1 is 1.22 bits per heavy atom. The number of thiophene rings is 1. The SMILES string of the molecule is O=C(Cc1cccs1)NC1CC1c1ccccc1. The van der Waals surface area contributed by atoms with Gasteiger partial charge in [0.25, 0.3) is 0 Å². The van der Waals surface area contributed by atoms with Crippen LogP contribution in [0.3, 0.4) is 0 Å². The molecular formula is C15H15NOS. The largest absolute Gasteiger partial charge is 0.352 e. The Balaban J connectivity index is 1.52. The van der Waals surface area contributed by atoms with Gasteiger partial charge in [0.05, 0.1) is 6.42 Å². The summed E-state index contributed by atoms with van der Waals surface area (Å²) in [6.45, 7) is 0. The summed E-state index contributed by atoms with van der Waals surface area (Å²) in [5.74, 6) is 0.652. The van der Waals surface area contributed by atoms with Gasteiger partial charge in [-0.25, -0.2) is 0 Å². The molecule has 1 aromatic heterocycles. The molecule has 1 fully saturated rings. The Morgan fingerprint density at radius 3 is 2.78 bits per heavy atom. The number of hydrogen-bond donors (Lipinski definition) is 1. The molecule has 3 heteroatoms. The predicted octanol–water partition coefficient (Wildman–Crippen LogP) is 2.96. The number of hydrogen-bond acceptors (Lipinski definition) is 2. The van der Waals surface area contributed by atoms with Gasteiger partial charge in [-0.15, -0.1) is 11.3 Å². The molecule has 0 bridgehead atoms. The van der Waals surface area contributed by atoms with Gasteiger partial charge in [-0.3, -0.25) is 4.79 Å². The quantitative estimate of drug-likeness (QED) is 0.896. The van der Waals surface area contributed by atoms with Gasteiger partial charge < -0.3 is 5.32 Å². The molecule has 1 aromatic carbocycles. The van der Waals surface area contributed by atoms with Crippen LogP contribution in [0.4, 0.5) is 0 Å².